The maximum Gasteiger partial charge on any atom is 0.267 e. The van der Waals surface area contributed by atoms with Gasteiger partial charge in [-0.2, -0.15) is 0 Å². The third-order valence-corrected chi connectivity index (χ3v) is 7.37. The molecule has 0 atom stereocenters. The van der Waals surface area contributed by atoms with E-state index in [0.29, 0.717) is 52.2 Å². The lowest BCUT2D eigenvalue weighted by Crippen LogP contribution is -2.36. The van der Waals surface area contributed by atoms with Crippen LogP contribution in [-0.2, 0) is 19.1 Å². The lowest BCUT2D eigenvalue weighted by Gasteiger charge is -2.18. The van der Waals surface area contributed by atoms with Crippen LogP contribution in [0.3, 0.4) is 0 Å². The van der Waals surface area contributed by atoms with Gasteiger partial charge in [0.05, 0.1) is 16.2 Å². The lowest BCUT2D eigenvalue weighted by atomic mass is 10.1. The fraction of sp³-hybridized carbons (Fsp3) is 0.308. The molecule has 2 aromatic rings. The van der Waals surface area contributed by atoms with Crippen LogP contribution in [0, 0.1) is 13.8 Å². The van der Waals surface area contributed by atoms with Gasteiger partial charge in [-0.15, -0.1) is 0 Å². The summed E-state index contributed by atoms with van der Waals surface area (Å²) in [6, 6.07) is 13.0. The first-order valence-corrected chi connectivity index (χ1v) is 12.7. The van der Waals surface area contributed by atoms with Crippen molar-refractivity contribution in [2.24, 2.45) is 0 Å². The molecular formula is C26H27N3O4S2. The van der Waals surface area contributed by atoms with Crippen molar-refractivity contribution in [1.82, 2.24) is 4.90 Å². The number of para-hydroxylation sites is 2. The largest absolute Gasteiger partial charge is 0.382 e. The Kier molecular flexibility index (Phi) is 7.69. The van der Waals surface area contributed by atoms with Gasteiger partial charge in [0.1, 0.15) is 10.9 Å². The maximum absolute atomic E-state index is 13.6. The van der Waals surface area contributed by atoms with Gasteiger partial charge in [0, 0.05) is 31.0 Å². The number of hydrogen-bond donors (Lipinski definition) is 1. The summed E-state index contributed by atoms with van der Waals surface area (Å²) in [5.41, 5.74) is 4.16. The van der Waals surface area contributed by atoms with Crippen LogP contribution in [0.2, 0.25) is 0 Å². The monoisotopic (exact) mass is 509 g/mol. The van der Waals surface area contributed by atoms with Gasteiger partial charge < -0.3 is 10.1 Å². The molecule has 1 saturated heterocycles. The predicted octanol–water partition coefficient (Wildman–Crippen LogP) is 4.29. The van der Waals surface area contributed by atoms with E-state index in [9.17, 15) is 14.4 Å². The predicted molar refractivity (Wildman–Crippen MR) is 143 cm³/mol. The first-order valence-electron chi connectivity index (χ1n) is 11.5. The fourth-order valence-corrected chi connectivity index (χ4v) is 5.58. The number of thiocarbonyl (C=S) groups is 1. The van der Waals surface area contributed by atoms with Crippen LogP contribution in [0.5, 0.6) is 0 Å². The van der Waals surface area contributed by atoms with Crippen LogP contribution in [0.25, 0.3) is 5.57 Å². The second-order valence-electron chi connectivity index (χ2n) is 8.30. The van der Waals surface area contributed by atoms with Gasteiger partial charge >= 0.3 is 0 Å². The molecule has 0 saturated carbocycles. The normalized spacial score (nSPS) is 17.4. The van der Waals surface area contributed by atoms with Crippen LogP contribution in [0.4, 0.5) is 11.4 Å². The number of ether oxygens (including phenoxy) is 1. The first kappa shape index (κ1) is 25.1. The van der Waals surface area contributed by atoms with Crippen molar-refractivity contribution in [1.29, 1.82) is 0 Å². The minimum absolute atomic E-state index is 0.165. The Morgan fingerprint density at radius 3 is 2.46 bits per heavy atom. The maximum atomic E-state index is 13.6. The number of benzene rings is 2. The molecule has 0 spiro atoms. The van der Waals surface area contributed by atoms with E-state index in [2.05, 4.69) is 5.32 Å². The van der Waals surface area contributed by atoms with Gasteiger partial charge in [-0.25, -0.2) is 0 Å². The quantitative estimate of drug-likeness (QED) is 0.325. The molecule has 2 aliphatic heterocycles. The Morgan fingerprint density at radius 1 is 1.03 bits per heavy atom. The number of nitrogens with zero attached hydrogens (tertiary/aromatic N) is 2. The number of fused-ring (bicyclic) bond motifs is 1. The van der Waals surface area contributed by atoms with E-state index >= 15 is 0 Å². The molecule has 7 nitrogen and oxygen atoms in total. The van der Waals surface area contributed by atoms with Gasteiger partial charge in [0.15, 0.2) is 0 Å². The summed E-state index contributed by atoms with van der Waals surface area (Å²) in [6.07, 6.45) is 0.651. The zero-order valence-corrected chi connectivity index (χ0v) is 21.6. The fourth-order valence-electron chi connectivity index (χ4n) is 4.20. The van der Waals surface area contributed by atoms with Crippen molar-refractivity contribution in [3.8, 4) is 0 Å². The zero-order chi connectivity index (χ0) is 25.1. The van der Waals surface area contributed by atoms with Crippen molar-refractivity contribution < 1.29 is 19.1 Å². The van der Waals surface area contributed by atoms with Crippen molar-refractivity contribution in [3.63, 3.8) is 0 Å². The number of amides is 3. The van der Waals surface area contributed by atoms with Crippen molar-refractivity contribution in [3.05, 3.63) is 64.1 Å². The number of hydrogen-bond acceptors (Lipinski definition) is 6. The second-order valence-corrected chi connectivity index (χ2v) is 9.95. The Hall–Kier alpha value is -3.01. The lowest BCUT2D eigenvalue weighted by molar-refractivity contribution is -0.122. The number of nitrogens with one attached hydrogen (secondary N) is 1. The minimum atomic E-state index is -0.377. The topological polar surface area (TPSA) is 79.0 Å². The summed E-state index contributed by atoms with van der Waals surface area (Å²) < 4.78 is 5.79. The number of aryl methyl sites for hydroxylation is 2. The molecule has 182 valence electrons. The standard InChI is InChI=1S/C26H27N3O4S2/c1-4-33-14-8-13-28-25(32)23(35-26(28)34)21-18-11-5-6-12-19(18)29(24(21)31)15-20(30)27-22-16(2)9-7-10-17(22)3/h5-7,9-12H,4,8,13-15H2,1-3H3,(H,27,30). The van der Waals surface area contributed by atoms with E-state index in [4.69, 9.17) is 17.0 Å². The van der Waals surface area contributed by atoms with E-state index < -0.39 is 0 Å². The van der Waals surface area contributed by atoms with Crippen LogP contribution in [0.15, 0.2) is 47.4 Å². The molecule has 1 fully saturated rings. The molecule has 0 bridgehead atoms. The summed E-state index contributed by atoms with van der Waals surface area (Å²) in [7, 11) is 0. The number of thioether (sulfide) groups is 1. The van der Waals surface area contributed by atoms with Crippen LogP contribution >= 0.6 is 24.0 Å². The first-order chi connectivity index (χ1) is 16.8. The molecule has 2 aliphatic rings. The van der Waals surface area contributed by atoms with E-state index in [-0.39, 0.29) is 24.3 Å². The van der Waals surface area contributed by atoms with Crippen LogP contribution < -0.4 is 10.2 Å². The highest BCUT2D eigenvalue weighted by Gasteiger charge is 2.42. The molecule has 35 heavy (non-hydrogen) atoms. The summed E-state index contributed by atoms with van der Waals surface area (Å²) in [5.74, 6) is -0.968. The van der Waals surface area contributed by atoms with E-state index in [0.717, 1.165) is 28.6 Å². The third kappa shape index (κ3) is 5.03. The Bertz CT molecular complexity index is 1220. The molecule has 4 rings (SSSR count). The Morgan fingerprint density at radius 2 is 1.74 bits per heavy atom. The van der Waals surface area contributed by atoms with Gasteiger partial charge in [-0.3, -0.25) is 24.2 Å². The molecule has 2 heterocycles. The molecule has 0 aliphatic carbocycles. The number of rotatable bonds is 8. The smallest absolute Gasteiger partial charge is 0.267 e. The van der Waals surface area contributed by atoms with E-state index in [1.807, 2.05) is 51.1 Å². The zero-order valence-electron chi connectivity index (χ0n) is 19.9. The average molecular weight is 510 g/mol. The highest BCUT2D eigenvalue weighted by atomic mass is 32.2. The third-order valence-electron chi connectivity index (χ3n) is 5.92. The summed E-state index contributed by atoms with van der Waals surface area (Å²) in [5, 5.41) is 2.94. The van der Waals surface area contributed by atoms with Gasteiger partial charge in [0.25, 0.3) is 11.8 Å². The molecule has 0 radical (unpaired) electrons. The Labute approximate surface area is 214 Å². The molecule has 3 amide bonds. The summed E-state index contributed by atoms with van der Waals surface area (Å²) in [4.78, 5) is 43.0. The highest BCUT2D eigenvalue weighted by molar-refractivity contribution is 8.26. The van der Waals surface area contributed by atoms with E-state index in [1.54, 1.807) is 12.1 Å². The second kappa shape index (κ2) is 10.7. The molecule has 1 N–H and O–H groups in total. The van der Waals surface area contributed by atoms with Crippen molar-refractivity contribution in [2.75, 3.05) is 36.5 Å². The van der Waals surface area contributed by atoms with Gasteiger partial charge in [-0.1, -0.05) is 60.4 Å². The summed E-state index contributed by atoms with van der Waals surface area (Å²) >= 11 is 6.58. The minimum Gasteiger partial charge on any atom is -0.382 e. The van der Waals surface area contributed by atoms with E-state index in [1.165, 1.54) is 9.80 Å². The van der Waals surface area contributed by atoms with Gasteiger partial charge in [-0.05, 0) is 44.4 Å². The average Bonchev–Trinajstić information content (AvgIpc) is 3.26. The molecule has 0 aromatic heterocycles. The Balaban J connectivity index is 1.59. The number of carbonyl (C=O) groups excluding carboxylic acids is 3. The SMILES string of the molecule is CCOCCCN1C(=O)C(=C2C(=O)N(CC(=O)Nc3c(C)cccc3C)c3ccccc32)SC1=S. The number of carbonyl (C=O) groups is 3. The van der Waals surface area contributed by atoms with Crippen LogP contribution in [0.1, 0.15) is 30.0 Å². The molecular weight excluding hydrogens is 482 g/mol. The van der Waals surface area contributed by atoms with Crippen molar-refractivity contribution in [2.45, 2.75) is 27.2 Å². The highest BCUT2D eigenvalue weighted by Crippen LogP contribution is 2.44. The van der Waals surface area contributed by atoms with Crippen LogP contribution in [-0.4, -0.2) is 53.2 Å². The molecule has 0 unspecified atom stereocenters. The van der Waals surface area contributed by atoms with Crippen molar-refractivity contribution >= 4 is 63.0 Å². The molecule has 9 heteroatoms. The molecule has 2 aromatic carbocycles. The van der Waals surface area contributed by atoms with Gasteiger partial charge in [0.2, 0.25) is 5.91 Å². The number of anilines is 2. The summed E-state index contributed by atoms with van der Waals surface area (Å²) in [6.45, 7) is 7.17.